The molecule has 0 aliphatic carbocycles. The highest BCUT2D eigenvalue weighted by molar-refractivity contribution is 5.81. The van der Waals surface area contributed by atoms with Gasteiger partial charge in [-0.1, -0.05) is 0 Å². The standard InChI is InChI=1S/C11H14N4O2/c1-6(5-16)13-11-14-9-3-2-7(12)4-8(9)10(17)15-11/h2-4,6,16H,5,12H2,1H3,(H2,13,14,15,17). The Balaban J connectivity index is 2.49. The molecule has 1 aromatic heterocycles. The molecule has 0 aliphatic heterocycles. The van der Waals surface area contributed by atoms with Crippen LogP contribution >= 0.6 is 0 Å². The molecule has 0 saturated carbocycles. The van der Waals surface area contributed by atoms with Crippen molar-refractivity contribution in [3.8, 4) is 0 Å². The zero-order valence-electron chi connectivity index (χ0n) is 9.40. The van der Waals surface area contributed by atoms with E-state index in [1.54, 1.807) is 25.1 Å². The lowest BCUT2D eigenvalue weighted by molar-refractivity contribution is 0.281. The SMILES string of the molecule is CC(CO)Nc1nc2ccc(N)cc2c(=O)[nH]1. The summed E-state index contributed by atoms with van der Waals surface area (Å²) >= 11 is 0. The van der Waals surface area contributed by atoms with Crippen molar-refractivity contribution in [1.29, 1.82) is 0 Å². The fourth-order valence-corrected chi connectivity index (χ4v) is 1.50. The molecule has 1 aromatic carbocycles. The maximum Gasteiger partial charge on any atom is 0.260 e. The van der Waals surface area contributed by atoms with Crippen LogP contribution in [0, 0.1) is 0 Å². The Morgan fingerprint density at radius 3 is 3.06 bits per heavy atom. The number of nitrogens with one attached hydrogen (secondary N) is 2. The maximum absolute atomic E-state index is 11.8. The molecule has 17 heavy (non-hydrogen) atoms. The zero-order chi connectivity index (χ0) is 12.4. The second-order valence-corrected chi connectivity index (χ2v) is 3.92. The van der Waals surface area contributed by atoms with Crippen LogP contribution in [0.4, 0.5) is 11.6 Å². The largest absolute Gasteiger partial charge is 0.399 e. The van der Waals surface area contributed by atoms with E-state index in [1.165, 1.54) is 0 Å². The number of aliphatic hydroxyl groups excluding tert-OH is 1. The summed E-state index contributed by atoms with van der Waals surface area (Å²) in [5, 5.41) is 12.3. The van der Waals surface area contributed by atoms with Gasteiger partial charge in [-0.25, -0.2) is 4.98 Å². The summed E-state index contributed by atoms with van der Waals surface area (Å²) in [6.45, 7) is 1.75. The molecule has 90 valence electrons. The quantitative estimate of drug-likeness (QED) is 0.572. The number of aromatic amines is 1. The number of nitrogen functional groups attached to an aromatic ring is 1. The van der Waals surface area contributed by atoms with Crippen molar-refractivity contribution < 1.29 is 5.11 Å². The van der Waals surface area contributed by atoms with E-state index in [9.17, 15) is 4.79 Å². The molecule has 0 amide bonds. The van der Waals surface area contributed by atoms with Crippen molar-refractivity contribution in [3.05, 3.63) is 28.6 Å². The Hall–Kier alpha value is -2.08. The lowest BCUT2D eigenvalue weighted by Gasteiger charge is -2.11. The third-order valence-electron chi connectivity index (χ3n) is 2.39. The smallest absolute Gasteiger partial charge is 0.260 e. The Labute approximate surface area is 97.5 Å². The van der Waals surface area contributed by atoms with Crippen LogP contribution in [0.15, 0.2) is 23.0 Å². The lowest BCUT2D eigenvalue weighted by Crippen LogP contribution is -2.23. The summed E-state index contributed by atoms with van der Waals surface area (Å²) in [6.07, 6.45) is 0. The zero-order valence-corrected chi connectivity index (χ0v) is 9.40. The van der Waals surface area contributed by atoms with Crippen LogP contribution in [0.1, 0.15) is 6.92 Å². The van der Waals surface area contributed by atoms with Gasteiger partial charge in [-0.05, 0) is 25.1 Å². The Morgan fingerprint density at radius 2 is 2.35 bits per heavy atom. The molecule has 1 unspecified atom stereocenters. The van der Waals surface area contributed by atoms with E-state index in [0.29, 0.717) is 22.5 Å². The number of hydrogen-bond donors (Lipinski definition) is 4. The second kappa shape index (κ2) is 4.42. The number of rotatable bonds is 3. The van der Waals surface area contributed by atoms with E-state index in [4.69, 9.17) is 10.8 Å². The molecule has 5 N–H and O–H groups in total. The van der Waals surface area contributed by atoms with Gasteiger partial charge in [-0.15, -0.1) is 0 Å². The van der Waals surface area contributed by atoms with E-state index in [1.807, 2.05) is 0 Å². The van der Waals surface area contributed by atoms with Crippen LogP contribution in [0.5, 0.6) is 0 Å². The Morgan fingerprint density at radius 1 is 1.59 bits per heavy atom. The highest BCUT2D eigenvalue weighted by atomic mass is 16.3. The van der Waals surface area contributed by atoms with Crippen LogP contribution in [-0.2, 0) is 0 Å². The lowest BCUT2D eigenvalue weighted by atomic mass is 10.2. The highest BCUT2D eigenvalue weighted by Gasteiger charge is 2.06. The average Bonchev–Trinajstić information content (AvgIpc) is 2.30. The predicted octanol–water partition coefficient (Wildman–Crippen LogP) is 0.298. The summed E-state index contributed by atoms with van der Waals surface area (Å²) in [4.78, 5) is 18.6. The van der Waals surface area contributed by atoms with Gasteiger partial charge in [0.1, 0.15) is 0 Å². The Bertz CT molecular complexity index is 594. The molecule has 6 heteroatoms. The molecular formula is C11H14N4O2. The normalized spacial score (nSPS) is 12.6. The van der Waals surface area contributed by atoms with E-state index in [0.717, 1.165) is 0 Å². The number of anilines is 2. The minimum absolute atomic E-state index is 0.0382. The maximum atomic E-state index is 11.8. The number of nitrogens with two attached hydrogens (primary N) is 1. The van der Waals surface area contributed by atoms with Gasteiger partial charge in [0.05, 0.1) is 17.5 Å². The van der Waals surface area contributed by atoms with Gasteiger partial charge in [0.15, 0.2) is 0 Å². The minimum Gasteiger partial charge on any atom is -0.399 e. The first-order valence-electron chi connectivity index (χ1n) is 5.27. The molecule has 1 atom stereocenters. The average molecular weight is 234 g/mol. The number of benzene rings is 1. The van der Waals surface area contributed by atoms with Crippen molar-refractivity contribution in [1.82, 2.24) is 9.97 Å². The Kier molecular flexibility index (Phi) is 2.97. The summed E-state index contributed by atoms with van der Waals surface area (Å²) in [6, 6.07) is 4.78. The summed E-state index contributed by atoms with van der Waals surface area (Å²) < 4.78 is 0. The summed E-state index contributed by atoms with van der Waals surface area (Å²) in [7, 11) is 0. The fourth-order valence-electron chi connectivity index (χ4n) is 1.50. The van der Waals surface area contributed by atoms with Gasteiger partial charge < -0.3 is 16.2 Å². The van der Waals surface area contributed by atoms with Gasteiger partial charge in [0.25, 0.3) is 5.56 Å². The van der Waals surface area contributed by atoms with Gasteiger partial charge in [0.2, 0.25) is 5.95 Å². The van der Waals surface area contributed by atoms with E-state index >= 15 is 0 Å². The molecule has 2 rings (SSSR count). The molecule has 0 fully saturated rings. The number of fused-ring (bicyclic) bond motifs is 1. The number of aromatic nitrogens is 2. The summed E-state index contributed by atoms with van der Waals surface area (Å²) in [5.74, 6) is 0.342. The molecule has 0 saturated heterocycles. The van der Waals surface area contributed by atoms with E-state index < -0.39 is 0 Å². The van der Waals surface area contributed by atoms with Crippen molar-refractivity contribution in [2.24, 2.45) is 0 Å². The van der Waals surface area contributed by atoms with Crippen molar-refractivity contribution in [2.45, 2.75) is 13.0 Å². The molecule has 0 spiro atoms. The van der Waals surface area contributed by atoms with Crippen LogP contribution in [0.3, 0.4) is 0 Å². The summed E-state index contributed by atoms with van der Waals surface area (Å²) in [5.41, 5.74) is 6.44. The molecule has 6 nitrogen and oxygen atoms in total. The van der Waals surface area contributed by atoms with Gasteiger partial charge in [0, 0.05) is 11.7 Å². The van der Waals surface area contributed by atoms with Gasteiger partial charge in [-0.2, -0.15) is 0 Å². The van der Waals surface area contributed by atoms with Crippen molar-refractivity contribution in [2.75, 3.05) is 17.7 Å². The number of H-pyrrole nitrogens is 1. The van der Waals surface area contributed by atoms with Crippen LogP contribution in [-0.4, -0.2) is 27.7 Å². The van der Waals surface area contributed by atoms with Gasteiger partial charge in [-0.3, -0.25) is 9.78 Å². The molecule has 0 radical (unpaired) electrons. The second-order valence-electron chi connectivity index (χ2n) is 3.92. The molecular weight excluding hydrogens is 220 g/mol. The van der Waals surface area contributed by atoms with Crippen molar-refractivity contribution >= 4 is 22.5 Å². The van der Waals surface area contributed by atoms with Crippen LogP contribution < -0.4 is 16.6 Å². The highest BCUT2D eigenvalue weighted by Crippen LogP contribution is 2.12. The third kappa shape index (κ3) is 2.36. The topological polar surface area (TPSA) is 104 Å². The van der Waals surface area contributed by atoms with E-state index in [-0.39, 0.29) is 18.2 Å². The first kappa shape index (κ1) is 11.4. The predicted molar refractivity (Wildman–Crippen MR) is 66.9 cm³/mol. The number of nitrogens with zero attached hydrogens (tertiary/aromatic N) is 1. The van der Waals surface area contributed by atoms with Crippen LogP contribution in [0.2, 0.25) is 0 Å². The number of aliphatic hydroxyl groups is 1. The molecule has 0 bridgehead atoms. The van der Waals surface area contributed by atoms with E-state index in [2.05, 4.69) is 15.3 Å². The fraction of sp³-hybridized carbons (Fsp3) is 0.273. The molecule has 0 aliphatic rings. The van der Waals surface area contributed by atoms with Crippen LogP contribution in [0.25, 0.3) is 10.9 Å². The number of hydrogen-bond acceptors (Lipinski definition) is 5. The monoisotopic (exact) mass is 234 g/mol. The molecule has 1 heterocycles. The first-order valence-corrected chi connectivity index (χ1v) is 5.27. The van der Waals surface area contributed by atoms with Crippen molar-refractivity contribution in [3.63, 3.8) is 0 Å². The third-order valence-corrected chi connectivity index (χ3v) is 2.39. The van der Waals surface area contributed by atoms with Gasteiger partial charge >= 0.3 is 0 Å². The first-order chi connectivity index (χ1) is 8.10. The molecule has 2 aromatic rings. The minimum atomic E-state index is -0.255.